The van der Waals surface area contributed by atoms with Gasteiger partial charge in [-0.1, -0.05) is 0 Å². The maximum Gasteiger partial charge on any atom is 0.224 e. The number of amides is 1. The van der Waals surface area contributed by atoms with Crippen molar-refractivity contribution < 1.29 is 9.53 Å². The van der Waals surface area contributed by atoms with Gasteiger partial charge in [-0.25, -0.2) is 0 Å². The molecule has 2 atom stereocenters. The molecule has 1 aromatic rings. The van der Waals surface area contributed by atoms with E-state index in [1.807, 2.05) is 40.7 Å². The Balaban J connectivity index is 0.00000144. The third kappa shape index (κ3) is 6.11. The van der Waals surface area contributed by atoms with Crippen LogP contribution in [0.5, 0.6) is 0 Å². The predicted octanol–water partition coefficient (Wildman–Crippen LogP) is 1.36. The summed E-state index contributed by atoms with van der Waals surface area (Å²) in [6.07, 6.45) is 4.48. The normalized spacial score (nSPS) is 24.0. The number of carbonyl (C=O) groups is 1. The van der Waals surface area contributed by atoms with Crippen molar-refractivity contribution in [1.29, 1.82) is 0 Å². The number of hydrogen-bond donors (Lipinski definition) is 1. The van der Waals surface area contributed by atoms with Gasteiger partial charge in [0.25, 0.3) is 0 Å². The minimum Gasteiger partial charge on any atom is -0.373 e. The number of nitrogens with one attached hydrogen (secondary N) is 1. The van der Waals surface area contributed by atoms with Crippen molar-refractivity contribution >= 4 is 42.5 Å². The van der Waals surface area contributed by atoms with Crippen LogP contribution in [-0.2, 0) is 16.1 Å². The summed E-state index contributed by atoms with van der Waals surface area (Å²) in [5.41, 5.74) is 1.14. The molecule has 6 nitrogen and oxygen atoms in total. The summed E-state index contributed by atoms with van der Waals surface area (Å²) >= 11 is 1.93. The standard InChI is InChI=1S/C15H24N4O2S.2ClH/c1-12-7-17-19(8-12)10-14-9-18(3-4-21-14)15(20)6-13-11-22-5-2-16-13;;/h7-8,13-14,16H,2-6,9-11H2,1H3;2*1H. The van der Waals surface area contributed by atoms with E-state index in [0.29, 0.717) is 38.7 Å². The second-order valence-electron chi connectivity index (χ2n) is 6.00. The number of ether oxygens (including phenoxy) is 1. The number of halogens is 2. The molecule has 0 aromatic carbocycles. The second-order valence-corrected chi connectivity index (χ2v) is 7.15. The molecular weight excluding hydrogens is 371 g/mol. The highest BCUT2D eigenvalue weighted by molar-refractivity contribution is 7.99. The first-order valence-electron chi connectivity index (χ1n) is 7.90. The van der Waals surface area contributed by atoms with Crippen molar-refractivity contribution in [1.82, 2.24) is 20.0 Å². The van der Waals surface area contributed by atoms with Crippen LogP contribution in [0.2, 0.25) is 0 Å². The zero-order chi connectivity index (χ0) is 15.4. The van der Waals surface area contributed by atoms with E-state index in [2.05, 4.69) is 10.4 Å². The smallest absolute Gasteiger partial charge is 0.224 e. The lowest BCUT2D eigenvalue weighted by Gasteiger charge is -2.34. The van der Waals surface area contributed by atoms with Crippen LogP contribution in [0.15, 0.2) is 12.4 Å². The number of morpholine rings is 1. The lowest BCUT2D eigenvalue weighted by atomic mass is 10.2. The summed E-state index contributed by atoms with van der Waals surface area (Å²) in [6, 6.07) is 0.321. The van der Waals surface area contributed by atoms with Gasteiger partial charge < -0.3 is 15.0 Å². The molecule has 2 unspecified atom stereocenters. The molecule has 0 bridgehead atoms. The fourth-order valence-electron chi connectivity index (χ4n) is 2.92. The Kier molecular flexibility index (Phi) is 9.44. The second kappa shape index (κ2) is 10.5. The molecule has 3 rings (SSSR count). The van der Waals surface area contributed by atoms with Crippen LogP contribution in [0.1, 0.15) is 12.0 Å². The molecule has 138 valence electrons. The number of nitrogens with zero attached hydrogens (tertiary/aromatic N) is 3. The Hall–Kier alpha value is -0.470. The fourth-order valence-corrected chi connectivity index (χ4v) is 3.87. The van der Waals surface area contributed by atoms with E-state index in [0.717, 1.165) is 23.6 Å². The van der Waals surface area contributed by atoms with Crippen molar-refractivity contribution in [2.75, 3.05) is 37.7 Å². The van der Waals surface area contributed by atoms with E-state index in [-0.39, 0.29) is 36.8 Å². The zero-order valence-corrected chi connectivity index (χ0v) is 16.3. The van der Waals surface area contributed by atoms with E-state index in [1.54, 1.807) is 0 Å². The maximum absolute atomic E-state index is 12.5. The number of hydrogen-bond acceptors (Lipinski definition) is 5. The summed E-state index contributed by atoms with van der Waals surface area (Å²) < 4.78 is 7.68. The minimum atomic E-state index is 0. The van der Waals surface area contributed by atoms with Crippen molar-refractivity contribution in [3.63, 3.8) is 0 Å². The van der Waals surface area contributed by atoms with Gasteiger partial charge in [-0.05, 0) is 12.5 Å². The molecule has 2 fully saturated rings. The Labute approximate surface area is 159 Å². The first-order valence-corrected chi connectivity index (χ1v) is 9.06. The summed E-state index contributed by atoms with van der Waals surface area (Å²) in [4.78, 5) is 14.4. The summed E-state index contributed by atoms with van der Waals surface area (Å²) in [5.74, 6) is 2.42. The molecule has 2 saturated heterocycles. The van der Waals surface area contributed by atoms with Crippen molar-refractivity contribution in [2.24, 2.45) is 0 Å². The lowest BCUT2D eigenvalue weighted by Crippen LogP contribution is -2.49. The predicted molar refractivity (Wildman–Crippen MR) is 102 cm³/mol. The van der Waals surface area contributed by atoms with E-state index in [1.165, 1.54) is 0 Å². The van der Waals surface area contributed by atoms with Gasteiger partial charge in [-0.15, -0.1) is 24.8 Å². The SMILES string of the molecule is Cc1cnn(CC2CN(C(=O)CC3CSCCN3)CCO2)c1.Cl.Cl. The number of carbonyl (C=O) groups excluding carboxylic acids is 1. The van der Waals surface area contributed by atoms with Gasteiger partial charge in [0.15, 0.2) is 0 Å². The van der Waals surface area contributed by atoms with Crippen molar-refractivity contribution in [2.45, 2.75) is 32.0 Å². The summed E-state index contributed by atoms with van der Waals surface area (Å²) in [5, 5.41) is 7.72. The monoisotopic (exact) mass is 396 g/mol. The molecule has 2 aliphatic rings. The van der Waals surface area contributed by atoms with Crippen LogP contribution in [-0.4, -0.2) is 70.5 Å². The Morgan fingerprint density at radius 2 is 2.33 bits per heavy atom. The van der Waals surface area contributed by atoms with Crippen molar-refractivity contribution in [3.8, 4) is 0 Å². The molecule has 2 aliphatic heterocycles. The molecule has 1 amide bonds. The molecule has 0 radical (unpaired) electrons. The van der Waals surface area contributed by atoms with Gasteiger partial charge in [-0.3, -0.25) is 9.48 Å². The topological polar surface area (TPSA) is 59.4 Å². The van der Waals surface area contributed by atoms with Crippen molar-refractivity contribution in [3.05, 3.63) is 18.0 Å². The minimum absolute atomic E-state index is 0. The van der Waals surface area contributed by atoms with Crippen LogP contribution in [0.3, 0.4) is 0 Å². The van der Waals surface area contributed by atoms with Crippen LogP contribution in [0.4, 0.5) is 0 Å². The van der Waals surface area contributed by atoms with Gasteiger partial charge >= 0.3 is 0 Å². The molecule has 24 heavy (non-hydrogen) atoms. The highest BCUT2D eigenvalue weighted by Crippen LogP contribution is 2.14. The largest absolute Gasteiger partial charge is 0.373 e. The fraction of sp³-hybridized carbons (Fsp3) is 0.733. The molecule has 0 aliphatic carbocycles. The average molecular weight is 397 g/mol. The third-order valence-corrected chi connectivity index (χ3v) is 5.19. The molecule has 0 saturated carbocycles. The number of aryl methyl sites for hydroxylation is 1. The first kappa shape index (κ1) is 21.6. The first-order chi connectivity index (χ1) is 10.7. The zero-order valence-electron chi connectivity index (χ0n) is 13.8. The third-order valence-electron chi connectivity index (χ3n) is 4.06. The summed E-state index contributed by atoms with van der Waals surface area (Å²) in [7, 11) is 0. The van der Waals surface area contributed by atoms with Gasteiger partial charge in [-0.2, -0.15) is 16.9 Å². The van der Waals surface area contributed by atoms with E-state index in [9.17, 15) is 4.79 Å². The molecular formula is C15H26Cl2N4O2S. The van der Waals surface area contributed by atoms with Gasteiger partial charge in [0.1, 0.15) is 0 Å². The van der Waals surface area contributed by atoms with Gasteiger partial charge in [0.05, 0.1) is 25.5 Å². The van der Waals surface area contributed by atoms with Crippen LogP contribution in [0.25, 0.3) is 0 Å². The van der Waals surface area contributed by atoms with Crippen LogP contribution >= 0.6 is 36.6 Å². The highest BCUT2D eigenvalue weighted by atomic mass is 35.5. The van der Waals surface area contributed by atoms with Gasteiger partial charge in [0, 0.05) is 49.8 Å². The van der Waals surface area contributed by atoms with Gasteiger partial charge in [0.2, 0.25) is 5.91 Å². The van der Waals surface area contributed by atoms with Crippen LogP contribution < -0.4 is 5.32 Å². The quantitative estimate of drug-likeness (QED) is 0.832. The summed E-state index contributed by atoms with van der Waals surface area (Å²) in [6.45, 7) is 5.72. The van der Waals surface area contributed by atoms with E-state index < -0.39 is 0 Å². The Morgan fingerprint density at radius 1 is 1.50 bits per heavy atom. The van der Waals surface area contributed by atoms with E-state index in [4.69, 9.17) is 4.74 Å². The maximum atomic E-state index is 12.5. The van der Waals surface area contributed by atoms with E-state index >= 15 is 0 Å². The number of aromatic nitrogens is 2. The highest BCUT2D eigenvalue weighted by Gasteiger charge is 2.27. The number of thioether (sulfide) groups is 1. The molecule has 9 heteroatoms. The van der Waals surface area contributed by atoms with Crippen LogP contribution in [0, 0.1) is 6.92 Å². The molecule has 0 spiro atoms. The molecule has 3 heterocycles. The molecule has 1 aromatic heterocycles. The average Bonchev–Trinajstić information content (AvgIpc) is 2.93. The Morgan fingerprint density at radius 3 is 3.00 bits per heavy atom. The molecule has 1 N–H and O–H groups in total. The number of rotatable bonds is 4. The Bertz CT molecular complexity index is 511. The lowest BCUT2D eigenvalue weighted by molar-refractivity contribution is -0.139.